The predicted octanol–water partition coefficient (Wildman–Crippen LogP) is 3.24. The lowest BCUT2D eigenvalue weighted by molar-refractivity contribution is -0.119. The highest BCUT2D eigenvalue weighted by Crippen LogP contribution is 2.31. The number of hydrogen-bond donors (Lipinski definition) is 2. The zero-order chi connectivity index (χ0) is 15.9. The van der Waals surface area contributed by atoms with E-state index in [1.165, 1.54) is 0 Å². The fraction of sp³-hybridized carbons (Fsp3) is 0.278. The van der Waals surface area contributed by atoms with Crippen LogP contribution >= 0.6 is 0 Å². The van der Waals surface area contributed by atoms with Gasteiger partial charge in [-0.25, -0.2) is 0 Å². The lowest BCUT2D eigenvalue weighted by Crippen LogP contribution is -2.04. The van der Waals surface area contributed by atoms with E-state index in [2.05, 4.69) is 0 Å². The van der Waals surface area contributed by atoms with E-state index in [1.54, 1.807) is 24.3 Å². The molecule has 116 valence electrons. The van der Waals surface area contributed by atoms with E-state index < -0.39 is 0 Å². The number of benzene rings is 2. The monoisotopic (exact) mass is 300 g/mol. The lowest BCUT2D eigenvalue weighted by Gasteiger charge is -2.09. The fourth-order valence-corrected chi connectivity index (χ4v) is 2.11. The van der Waals surface area contributed by atoms with E-state index in [0.717, 1.165) is 17.5 Å². The molecule has 0 radical (unpaired) electrons. The summed E-state index contributed by atoms with van der Waals surface area (Å²) in [7, 11) is 0. The first-order chi connectivity index (χ1) is 10.6. The molecule has 0 amide bonds. The molecule has 4 heteroatoms. The minimum atomic E-state index is -0.118. The molecule has 2 aromatic rings. The third kappa shape index (κ3) is 4.33. The van der Waals surface area contributed by atoms with Gasteiger partial charge in [-0.3, -0.25) is 4.79 Å². The van der Waals surface area contributed by atoms with E-state index in [4.69, 9.17) is 9.84 Å². The van der Waals surface area contributed by atoms with Crippen LogP contribution in [0.5, 0.6) is 17.2 Å². The number of rotatable bonds is 7. The Hall–Kier alpha value is -2.33. The highest BCUT2D eigenvalue weighted by atomic mass is 16.5. The molecular formula is C18H20O4. The predicted molar refractivity (Wildman–Crippen MR) is 84.4 cm³/mol. The van der Waals surface area contributed by atoms with Gasteiger partial charge in [-0.1, -0.05) is 25.1 Å². The second kappa shape index (κ2) is 7.61. The average Bonchev–Trinajstić information content (AvgIpc) is 2.51. The number of hydrogen-bond acceptors (Lipinski definition) is 4. The SMILES string of the molecule is CCc1ccc(Oc2ccc(CC(=O)CCO)cc2)c(O)c1. The molecule has 0 heterocycles. The summed E-state index contributed by atoms with van der Waals surface area (Å²) >= 11 is 0. The summed E-state index contributed by atoms with van der Waals surface area (Å²) in [6.45, 7) is 1.90. The van der Waals surface area contributed by atoms with Crippen LogP contribution in [0.25, 0.3) is 0 Å². The molecule has 0 fully saturated rings. The Morgan fingerprint density at radius 2 is 1.77 bits per heavy atom. The lowest BCUT2D eigenvalue weighted by atomic mass is 10.1. The standard InChI is InChI=1S/C18H20O4/c1-2-13-5-8-18(17(21)12-13)22-16-6-3-14(4-7-16)11-15(20)9-10-19/h3-8,12,19,21H,2,9-11H2,1H3. The van der Waals surface area contributed by atoms with Crippen molar-refractivity contribution in [1.29, 1.82) is 0 Å². The van der Waals surface area contributed by atoms with E-state index in [1.807, 2.05) is 25.1 Å². The van der Waals surface area contributed by atoms with Crippen molar-refractivity contribution in [3.05, 3.63) is 53.6 Å². The Labute approximate surface area is 130 Å². The fourth-order valence-electron chi connectivity index (χ4n) is 2.11. The van der Waals surface area contributed by atoms with Crippen LogP contribution in [0.1, 0.15) is 24.5 Å². The minimum Gasteiger partial charge on any atom is -0.504 e. The third-order valence-electron chi connectivity index (χ3n) is 3.37. The summed E-state index contributed by atoms with van der Waals surface area (Å²) in [5.74, 6) is 1.12. The van der Waals surface area contributed by atoms with Gasteiger partial charge in [-0.05, 0) is 41.8 Å². The molecule has 0 aromatic heterocycles. The maximum Gasteiger partial charge on any atom is 0.169 e. The first kappa shape index (κ1) is 16.0. The molecule has 0 aliphatic carbocycles. The van der Waals surface area contributed by atoms with Gasteiger partial charge in [-0.15, -0.1) is 0 Å². The van der Waals surface area contributed by atoms with Crippen molar-refractivity contribution in [3.8, 4) is 17.2 Å². The van der Waals surface area contributed by atoms with Gasteiger partial charge in [0.15, 0.2) is 11.5 Å². The number of phenols is 1. The van der Waals surface area contributed by atoms with Crippen molar-refractivity contribution in [2.45, 2.75) is 26.2 Å². The van der Waals surface area contributed by atoms with Crippen molar-refractivity contribution in [2.24, 2.45) is 0 Å². The van der Waals surface area contributed by atoms with Crippen molar-refractivity contribution in [3.63, 3.8) is 0 Å². The van der Waals surface area contributed by atoms with E-state index in [-0.39, 0.29) is 24.6 Å². The quantitative estimate of drug-likeness (QED) is 0.824. The molecule has 0 bridgehead atoms. The molecule has 0 aliphatic rings. The van der Waals surface area contributed by atoms with Crippen molar-refractivity contribution < 1.29 is 19.7 Å². The molecule has 4 nitrogen and oxygen atoms in total. The van der Waals surface area contributed by atoms with Crippen molar-refractivity contribution in [2.75, 3.05) is 6.61 Å². The number of Topliss-reactive ketones (excluding diaryl/α,β-unsaturated/α-hetero) is 1. The van der Waals surface area contributed by atoms with Crippen molar-refractivity contribution in [1.82, 2.24) is 0 Å². The second-order valence-electron chi connectivity index (χ2n) is 5.09. The van der Waals surface area contributed by atoms with Crippen LogP contribution in [0.4, 0.5) is 0 Å². The van der Waals surface area contributed by atoms with Gasteiger partial charge in [-0.2, -0.15) is 0 Å². The zero-order valence-corrected chi connectivity index (χ0v) is 12.6. The number of ether oxygens (including phenoxy) is 1. The molecule has 2 rings (SSSR count). The first-order valence-corrected chi connectivity index (χ1v) is 7.33. The molecule has 2 N–H and O–H groups in total. The van der Waals surface area contributed by atoms with Crippen LogP contribution < -0.4 is 4.74 Å². The maximum absolute atomic E-state index is 11.5. The Morgan fingerprint density at radius 1 is 1.09 bits per heavy atom. The maximum atomic E-state index is 11.5. The number of carbonyl (C=O) groups is 1. The summed E-state index contributed by atoms with van der Waals surface area (Å²) in [5, 5.41) is 18.6. The number of aromatic hydroxyl groups is 1. The number of aliphatic hydroxyl groups is 1. The van der Waals surface area contributed by atoms with Gasteiger partial charge in [0.25, 0.3) is 0 Å². The number of aryl methyl sites for hydroxylation is 1. The van der Waals surface area contributed by atoms with E-state index >= 15 is 0 Å². The van der Waals surface area contributed by atoms with Gasteiger partial charge in [0.1, 0.15) is 11.5 Å². The Balaban J connectivity index is 2.03. The molecule has 2 aromatic carbocycles. The number of aliphatic hydroxyl groups excluding tert-OH is 1. The van der Waals surface area contributed by atoms with Crippen LogP contribution in [0.15, 0.2) is 42.5 Å². The zero-order valence-electron chi connectivity index (χ0n) is 12.6. The van der Waals surface area contributed by atoms with Gasteiger partial charge >= 0.3 is 0 Å². The summed E-state index contributed by atoms with van der Waals surface area (Å²) < 4.78 is 5.64. The summed E-state index contributed by atoms with van der Waals surface area (Å²) in [5.41, 5.74) is 1.92. The number of ketones is 1. The first-order valence-electron chi connectivity index (χ1n) is 7.33. The molecule has 0 saturated heterocycles. The minimum absolute atomic E-state index is 0.00367. The summed E-state index contributed by atoms with van der Waals surface area (Å²) in [6.07, 6.45) is 1.33. The highest BCUT2D eigenvalue weighted by Gasteiger charge is 2.06. The third-order valence-corrected chi connectivity index (χ3v) is 3.37. The van der Waals surface area contributed by atoms with Crippen molar-refractivity contribution >= 4 is 5.78 Å². The second-order valence-corrected chi connectivity index (χ2v) is 5.09. The molecule has 0 aliphatic heterocycles. The molecule has 22 heavy (non-hydrogen) atoms. The van der Waals surface area contributed by atoms with Crippen LogP contribution in [-0.4, -0.2) is 22.6 Å². The Morgan fingerprint density at radius 3 is 2.36 bits per heavy atom. The van der Waals surface area contributed by atoms with Crippen LogP contribution in [0.2, 0.25) is 0 Å². The largest absolute Gasteiger partial charge is 0.504 e. The van der Waals surface area contributed by atoms with E-state index in [0.29, 0.717) is 17.9 Å². The van der Waals surface area contributed by atoms with Gasteiger partial charge in [0, 0.05) is 19.4 Å². The highest BCUT2D eigenvalue weighted by molar-refractivity contribution is 5.80. The summed E-state index contributed by atoms with van der Waals surface area (Å²) in [4.78, 5) is 11.5. The number of carbonyl (C=O) groups excluding carboxylic acids is 1. The Kier molecular flexibility index (Phi) is 5.55. The van der Waals surface area contributed by atoms with Crippen LogP contribution in [-0.2, 0) is 17.6 Å². The molecule has 0 saturated carbocycles. The van der Waals surface area contributed by atoms with Gasteiger partial charge < -0.3 is 14.9 Å². The summed E-state index contributed by atoms with van der Waals surface area (Å²) in [6, 6.07) is 12.5. The molecule has 0 spiro atoms. The van der Waals surface area contributed by atoms with Gasteiger partial charge in [0.2, 0.25) is 0 Å². The average molecular weight is 300 g/mol. The molecule has 0 atom stereocenters. The van der Waals surface area contributed by atoms with Crippen LogP contribution in [0, 0.1) is 0 Å². The molecule has 0 unspecified atom stereocenters. The van der Waals surface area contributed by atoms with Crippen LogP contribution in [0.3, 0.4) is 0 Å². The van der Waals surface area contributed by atoms with Gasteiger partial charge in [0.05, 0.1) is 0 Å². The number of phenolic OH excluding ortho intramolecular Hbond substituents is 1. The Bertz CT molecular complexity index is 632. The molecular weight excluding hydrogens is 280 g/mol. The van der Waals surface area contributed by atoms with E-state index in [9.17, 15) is 9.90 Å². The topological polar surface area (TPSA) is 66.8 Å². The normalized spacial score (nSPS) is 10.5. The smallest absolute Gasteiger partial charge is 0.169 e.